The Morgan fingerprint density at radius 3 is 2.90 bits per heavy atom. The van der Waals surface area contributed by atoms with Gasteiger partial charge in [0.05, 0.1) is 12.1 Å². The Kier molecular flexibility index (Phi) is 5.89. The van der Waals surface area contributed by atoms with Crippen molar-refractivity contribution in [1.29, 1.82) is 0 Å². The van der Waals surface area contributed by atoms with Crippen LogP contribution in [0.4, 0.5) is 8.78 Å². The number of nitrogens with zero attached hydrogens (tertiary/aromatic N) is 1. The first kappa shape index (κ1) is 15.7. The van der Waals surface area contributed by atoms with Crippen molar-refractivity contribution in [2.45, 2.75) is 19.6 Å². The molecule has 4 nitrogen and oxygen atoms in total. The highest BCUT2D eigenvalue weighted by Crippen LogP contribution is 2.32. The Morgan fingerprint density at radius 1 is 1.38 bits per heavy atom. The molecule has 0 saturated heterocycles. The third-order valence-corrected chi connectivity index (χ3v) is 3.64. The van der Waals surface area contributed by atoms with E-state index in [0.29, 0.717) is 24.4 Å². The number of hydrogen-bond donors (Lipinski definition) is 1. The van der Waals surface area contributed by atoms with Crippen LogP contribution in [0.2, 0.25) is 0 Å². The number of alkyl halides is 2. The largest absolute Gasteiger partial charge is 0.493 e. The average Bonchev–Trinajstić information content (AvgIpc) is 2.97. The lowest BCUT2D eigenvalue weighted by Gasteiger charge is -2.14. The maximum absolute atomic E-state index is 12.5. The molecule has 0 saturated carbocycles. The summed E-state index contributed by atoms with van der Waals surface area (Å²) in [6, 6.07) is 5.07. The lowest BCUT2D eigenvalue weighted by atomic mass is 10.2. The molecule has 114 valence electrons. The number of benzene rings is 1. The molecule has 1 aromatic heterocycles. The number of hydrogen-bond acceptors (Lipinski definition) is 5. The van der Waals surface area contributed by atoms with Crippen molar-refractivity contribution in [2.75, 3.05) is 13.7 Å². The van der Waals surface area contributed by atoms with Crippen LogP contribution in [-0.4, -0.2) is 25.3 Å². The van der Waals surface area contributed by atoms with Crippen molar-refractivity contribution in [3.8, 4) is 11.5 Å². The van der Waals surface area contributed by atoms with Crippen molar-refractivity contribution in [1.82, 2.24) is 10.3 Å². The Labute approximate surface area is 125 Å². The van der Waals surface area contributed by atoms with Gasteiger partial charge in [0.2, 0.25) is 0 Å². The topological polar surface area (TPSA) is 43.4 Å². The second kappa shape index (κ2) is 7.90. The first-order valence-corrected chi connectivity index (χ1v) is 7.28. The summed E-state index contributed by atoms with van der Waals surface area (Å²) in [7, 11) is 1.42. The van der Waals surface area contributed by atoms with Gasteiger partial charge >= 0.3 is 6.61 Å². The summed E-state index contributed by atoms with van der Waals surface area (Å²) in [5, 5.41) is 6.15. The van der Waals surface area contributed by atoms with Gasteiger partial charge in [0.15, 0.2) is 11.5 Å². The molecule has 21 heavy (non-hydrogen) atoms. The molecule has 2 aromatic rings. The minimum Gasteiger partial charge on any atom is -0.493 e. The normalized spacial score (nSPS) is 10.9. The van der Waals surface area contributed by atoms with E-state index in [1.807, 2.05) is 5.38 Å². The summed E-state index contributed by atoms with van der Waals surface area (Å²) in [6.07, 6.45) is 2.56. The second-order valence-corrected chi connectivity index (χ2v) is 5.16. The predicted molar refractivity (Wildman–Crippen MR) is 77.2 cm³/mol. The summed E-state index contributed by atoms with van der Waals surface area (Å²) in [5.74, 6) is 0.381. The van der Waals surface area contributed by atoms with Gasteiger partial charge in [-0.25, -0.2) is 4.98 Å². The maximum atomic E-state index is 12.5. The van der Waals surface area contributed by atoms with E-state index in [-0.39, 0.29) is 5.75 Å². The van der Waals surface area contributed by atoms with E-state index in [2.05, 4.69) is 15.0 Å². The number of methoxy groups -OCH3 is 1. The molecule has 2 rings (SSSR count). The Morgan fingerprint density at radius 2 is 2.24 bits per heavy atom. The van der Waals surface area contributed by atoms with Crippen LogP contribution in [0.1, 0.15) is 10.6 Å². The summed E-state index contributed by atoms with van der Waals surface area (Å²) in [6.45, 7) is -1.75. The fourth-order valence-electron chi connectivity index (χ4n) is 1.88. The molecule has 0 fully saturated rings. The predicted octanol–water partition coefficient (Wildman–Crippen LogP) is 3.09. The Balaban J connectivity index is 1.95. The molecule has 7 heteroatoms. The molecule has 1 heterocycles. The molecule has 1 N–H and O–H groups in total. The SMILES string of the molecule is COc1cccc(CNCCc2nccs2)c1OC(F)F. The van der Waals surface area contributed by atoms with Crippen molar-refractivity contribution in [3.63, 3.8) is 0 Å². The lowest BCUT2D eigenvalue weighted by Crippen LogP contribution is -2.18. The second-order valence-electron chi connectivity index (χ2n) is 4.18. The van der Waals surface area contributed by atoms with Gasteiger partial charge < -0.3 is 14.8 Å². The van der Waals surface area contributed by atoms with Crippen LogP contribution >= 0.6 is 11.3 Å². The number of aromatic nitrogens is 1. The zero-order valence-corrected chi connectivity index (χ0v) is 12.3. The molecule has 0 aliphatic carbocycles. The van der Waals surface area contributed by atoms with Gasteiger partial charge in [-0.2, -0.15) is 8.78 Å². The van der Waals surface area contributed by atoms with E-state index < -0.39 is 6.61 Å². The first-order valence-electron chi connectivity index (χ1n) is 6.40. The Bertz CT molecular complexity index is 550. The van der Waals surface area contributed by atoms with Crippen LogP contribution in [0.3, 0.4) is 0 Å². The Hall–Kier alpha value is -1.73. The third-order valence-electron chi connectivity index (χ3n) is 2.80. The molecule has 0 unspecified atom stereocenters. The first-order chi connectivity index (χ1) is 10.2. The number of thiazole rings is 1. The summed E-state index contributed by atoms with van der Waals surface area (Å²) >= 11 is 1.59. The minimum absolute atomic E-state index is 0.0803. The van der Waals surface area contributed by atoms with Gasteiger partial charge in [-0.3, -0.25) is 0 Å². The smallest absolute Gasteiger partial charge is 0.387 e. The molecule has 1 aromatic carbocycles. The quantitative estimate of drug-likeness (QED) is 0.761. The molecular weight excluding hydrogens is 298 g/mol. The van der Waals surface area contributed by atoms with Crippen molar-refractivity contribution in [3.05, 3.63) is 40.3 Å². The monoisotopic (exact) mass is 314 g/mol. The zero-order valence-electron chi connectivity index (χ0n) is 11.5. The molecular formula is C14H16F2N2O2S. The number of ether oxygens (including phenoxy) is 2. The van der Waals surface area contributed by atoms with Crippen LogP contribution in [0.5, 0.6) is 11.5 Å². The molecule has 0 spiro atoms. The summed E-state index contributed by atoms with van der Waals surface area (Å²) in [4.78, 5) is 4.18. The van der Waals surface area contributed by atoms with Crippen LogP contribution < -0.4 is 14.8 Å². The number of halogens is 2. The molecule has 0 aliphatic rings. The van der Waals surface area contributed by atoms with Crippen LogP contribution in [0, 0.1) is 0 Å². The van der Waals surface area contributed by atoms with Crippen molar-refractivity contribution in [2.24, 2.45) is 0 Å². The fraction of sp³-hybridized carbons (Fsp3) is 0.357. The van der Waals surface area contributed by atoms with E-state index in [9.17, 15) is 8.78 Å². The highest BCUT2D eigenvalue weighted by molar-refractivity contribution is 7.09. The van der Waals surface area contributed by atoms with Crippen molar-refractivity contribution >= 4 is 11.3 Å². The van der Waals surface area contributed by atoms with Crippen LogP contribution in [-0.2, 0) is 13.0 Å². The van der Waals surface area contributed by atoms with Crippen LogP contribution in [0.25, 0.3) is 0 Å². The number of rotatable bonds is 8. The van der Waals surface area contributed by atoms with Crippen LogP contribution in [0.15, 0.2) is 29.8 Å². The molecule has 0 bridgehead atoms. The van der Waals surface area contributed by atoms with E-state index in [4.69, 9.17) is 4.74 Å². The van der Waals surface area contributed by atoms with Gasteiger partial charge in [-0.1, -0.05) is 12.1 Å². The highest BCUT2D eigenvalue weighted by atomic mass is 32.1. The van der Waals surface area contributed by atoms with Gasteiger partial charge in [-0.15, -0.1) is 11.3 Å². The average molecular weight is 314 g/mol. The number of nitrogens with one attached hydrogen (secondary N) is 1. The maximum Gasteiger partial charge on any atom is 0.387 e. The van der Waals surface area contributed by atoms with E-state index in [0.717, 1.165) is 11.4 Å². The van der Waals surface area contributed by atoms with Gasteiger partial charge in [0, 0.05) is 36.7 Å². The van der Waals surface area contributed by atoms with Gasteiger partial charge in [-0.05, 0) is 6.07 Å². The molecule has 0 atom stereocenters. The third kappa shape index (κ3) is 4.64. The van der Waals surface area contributed by atoms with E-state index in [1.54, 1.807) is 35.7 Å². The van der Waals surface area contributed by atoms with Gasteiger partial charge in [0.1, 0.15) is 0 Å². The molecule has 0 aliphatic heterocycles. The minimum atomic E-state index is -2.88. The summed E-state index contributed by atoms with van der Waals surface area (Å²) < 4.78 is 34.6. The van der Waals surface area contributed by atoms with Crippen molar-refractivity contribution < 1.29 is 18.3 Å². The van der Waals surface area contributed by atoms with E-state index in [1.165, 1.54) is 7.11 Å². The standard InChI is InChI=1S/C14H16F2N2O2S/c1-19-11-4-2-3-10(13(11)20-14(15)16)9-17-6-5-12-18-7-8-21-12/h2-4,7-8,14,17H,5-6,9H2,1H3. The fourth-order valence-corrected chi connectivity index (χ4v) is 2.50. The zero-order chi connectivity index (χ0) is 15.1. The lowest BCUT2D eigenvalue weighted by molar-refractivity contribution is -0.0518. The highest BCUT2D eigenvalue weighted by Gasteiger charge is 2.14. The van der Waals surface area contributed by atoms with E-state index >= 15 is 0 Å². The number of para-hydroxylation sites is 1. The molecule has 0 amide bonds. The van der Waals surface area contributed by atoms with Gasteiger partial charge in [0.25, 0.3) is 0 Å². The summed E-state index contributed by atoms with van der Waals surface area (Å²) in [5.41, 5.74) is 0.633. The molecule has 0 radical (unpaired) electrons.